The van der Waals surface area contributed by atoms with Gasteiger partial charge in [0.15, 0.2) is 5.69 Å². The molecule has 2 aromatic carbocycles. The average Bonchev–Trinajstić information content (AvgIpc) is 2.62. The van der Waals surface area contributed by atoms with Crippen molar-refractivity contribution in [1.82, 2.24) is 9.78 Å². The first-order valence-corrected chi connectivity index (χ1v) is 7.72. The number of primary amides is 1. The van der Waals surface area contributed by atoms with E-state index in [1.165, 1.54) is 16.8 Å². The largest absolute Gasteiger partial charge is 0.366 e. The highest BCUT2D eigenvalue weighted by Crippen LogP contribution is 2.16. The third-order valence-electron chi connectivity index (χ3n) is 3.81. The lowest BCUT2D eigenvalue weighted by Gasteiger charge is -2.10. The number of aromatic nitrogens is 2. The van der Waals surface area contributed by atoms with Crippen LogP contribution in [0.1, 0.15) is 27.8 Å². The molecular weight excluding hydrogens is 320 g/mol. The van der Waals surface area contributed by atoms with Gasteiger partial charge in [0.05, 0.1) is 5.39 Å². The molecule has 1 aromatic heterocycles. The number of anilines is 1. The van der Waals surface area contributed by atoms with Gasteiger partial charge in [0.25, 0.3) is 11.5 Å². The minimum atomic E-state index is -0.541. The Morgan fingerprint density at radius 2 is 1.72 bits per heavy atom. The lowest BCUT2D eigenvalue weighted by atomic mass is 10.1. The van der Waals surface area contributed by atoms with Crippen molar-refractivity contribution in [1.29, 1.82) is 0 Å². The molecule has 0 fully saturated rings. The number of nitrogens with one attached hydrogen (secondary N) is 1. The first-order valence-electron chi connectivity index (χ1n) is 7.72. The van der Waals surface area contributed by atoms with Crippen molar-refractivity contribution in [2.45, 2.75) is 13.5 Å². The van der Waals surface area contributed by atoms with Crippen molar-refractivity contribution in [3.8, 4) is 0 Å². The Morgan fingerprint density at radius 1 is 1.08 bits per heavy atom. The quantitative estimate of drug-likeness (QED) is 0.757. The van der Waals surface area contributed by atoms with E-state index in [9.17, 15) is 14.4 Å². The van der Waals surface area contributed by atoms with E-state index in [4.69, 9.17) is 5.73 Å². The van der Waals surface area contributed by atoms with Crippen LogP contribution in [-0.2, 0) is 6.54 Å². The van der Waals surface area contributed by atoms with Crippen LogP contribution in [0.15, 0.2) is 53.3 Å². The van der Waals surface area contributed by atoms with Crippen LogP contribution in [0.25, 0.3) is 10.8 Å². The van der Waals surface area contributed by atoms with Gasteiger partial charge in [0, 0.05) is 23.2 Å². The van der Waals surface area contributed by atoms with E-state index in [0.717, 1.165) is 0 Å². The third-order valence-corrected chi connectivity index (χ3v) is 3.81. The van der Waals surface area contributed by atoms with Gasteiger partial charge in [0.2, 0.25) is 5.91 Å². The number of aryl methyl sites for hydroxylation is 1. The molecule has 3 N–H and O–H groups in total. The predicted octanol–water partition coefficient (Wildman–Crippen LogP) is 1.77. The summed E-state index contributed by atoms with van der Waals surface area (Å²) in [5.41, 5.74) is 5.97. The number of benzene rings is 2. The van der Waals surface area contributed by atoms with E-state index in [1.807, 2.05) is 0 Å². The second-order valence-electron chi connectivity index (χ2n) is 5.41. The van der Waals surface area contributed by atoms with Crippen LogP contribution in [0.5, 0.6) is 0 Å². The molecule has 0 spiro atoms. The third kappa shape index (κ3) is 3.12. The van der Waals surface area contributed by atoms with Gasteiger partial charge in [-0.25, -0.2) is 4.68 Å². The Balaban J connectivity index is 2.01. The van der Waals surface area contributed by atoms with Gasteiger partial charge in [-0.3, -0.25) is 14.4 Å². The molecule has 0 saturated carbocycles. The standard InChI is InChI=1S/C18H16N4O3/c1-2-22-18(25)14-6-4-3-5-13(14)15(21-22)17(24)20-12-9-7-11(8-10-12)16(19)23/h3-10H,2H2,1H3,(H2,19,23)(H,20,24). The van der Waals surface area contributed by atoms with E-state index < -0.39 is 11.8 Å². The fraction of sp³-hybridized carbons (Fsp3) is 0.111. The van der Waals surface area contributed by atoms with E-state index in [-0.39, 0.29) is 11.3 Å². The Kier molecular flexibility index (Phi) is 4.30. The molecular formula is C18H16N4O3. The molecule has 25 heavy (non-hydrogen) atoms. The molecule has 0 aliphatic rings. The minimum absolute atomic E-state index is 0.163. The van der Waals surface area contributed by atoms with Crippen LogP contribution in [0.3, 0.4) is 0 Å². The van der Waals surface area contributed by atoms with E-state index in [1.54, 1.807) is 43.3 Å². The number of carbonyl (C=O) groups excluding carboxylic acids is 2. The smallest absolute Gasteiger partial charge is 0.276 e. The topological polar surface area (TPSA) is 107 Å². The van der Waals surface area contributed by atoms with Crippen LogP contribution in [0.2, 0.25) is 0 Å². The number of fused-ring (bicyclic) bond motifs is 1. The summed E-state index contributed by atoms with van der Waals surface area (Å²) in [5, 5.41) is 7.82. The van der Waals surface area contributed by atoms with Crippen LogP contribution >= 0.6 is 0 Å². The summed E-state index contributed by atoms with van der Waals surface area (Å²) in [4.78, 5) is 36.1. The monoisotopic (exact) mass is 336 g/mol. The molecule has 0 aliphatic heterocycles. The fourth-order valence-electron chi connectivity index (χ4n) is 2.53. The summed E-state index contributed by atoms with van der Waals surface area (Å²) in [7, 11) is 0. The number of hydrogen-bond donors (Lipinski definition) is 2. The molecule has 7 nitrogen and oxygen atoms in total. The van der Waals surface area contributed by atoms with Gasteiger partial charge < -0.3 is 11.1 Å². The first kappa shape index (κ1) is 16.4. The Hall–Kier alpha value is -3.48. The van der Waals surface area contributed by atoms with Crippen molar-refractivity contribution in [3.63, 3.8) is 0 Å². The number of hydrogen-bond acceptors (Lipinski definition) is 4. The number of amides is 2. The van der Waals surface area contributed by atoms with Crippen LogP contribution in [0, 0.1) is 0 Å². The molecule has 0 saturated heterocycles. The normalized spacial score (nSPS) is 10.6. The van der Waals surface area contributed by atoms with Crippen LogP contribution in [0.4, 0.5) is 5.69 Å². The average molecular weight is 336 g/mol. The zero-order chi connectivity index (χ0) is 18.0. The van der Waals surface area contributed by atoms with E-state index in [0.29, 0.717) is 28.6 Å². The number of rotatable bonds is 4. The number of nitrogens with zero attached hydrogens (tertiary/aromatic N) is 2. The molecule has 0 aliphatic carbocycles. The maximum Gasteiger partial charge on any atom is 0.276 e. The minimum Gasteiger partial charge on any atom is -0.366 e. The van der Waals surface area contributed by atoms with Gasteiger partial charge in [-0.05, 0) is 37.3 Å². The molecule has 2 amide bonds. The summed E-state index contributed by atoms with van der Waals surface area (Å²) < 4.78 is 1.26. The zero-order valence-corrected chi connectivity index (χ0v) is 13.5. The second kappa shape index (κ2) is 6.56. The van der Waals surface area contributed by atoms with Crippen molar-refractivity contribution >= 4 is 28.3 Å². The highest BCUT2D eigenvalue weighted by Gasteiger charge is 2.16. The summed E-state index contributed by atoms with van der Waals surface area (Å²) >= 11 is 0. The van der Waals surface area contributed by atoms with Gasteiger partial charge in [0.1, 0.15) is 0 Å². The molecule has 3 aromatic rings. The SMILES string of the molecule is CCn1nc(C(=O)Nc2ccc(C(N)=O)cc2)c2ccccc2c1=O. The van der Waals surface area contributed by atoms with Crippen LogP contribution < -0.4 is 16.6 Å². The highest BCUT2D eigenvalue weighted by atomic mass is 16.2. The van der Waals surface area contributed by atoms with Gasteiger partial charge in [-0.2, -0.15) is 5.10 Å². The molecule has 0 atom stereocenters. The molecule has 7 heteroatoms. The van der Waals surface area contributed by atoms with Crippen molar-refractivity contribution < 1.29 is 9.59 Å². The van der Waals surface area contributed by atoms with Crippen molar-refractivity contribution in [3.05, 3.63) is 70.1 Å². The predicted molar refractivity (Wildman–Crippen MR) is 94.6 cm³/mol. The van der Waals surface area contributed by atoms with E-state index in [2.05, 4.69) is 10.4 Å². The molecule has 3 rings (SSSR count). The highest BCUT2D eigenvalue weighted by molar-refractivity contribution is 6.11. The fourth-order valence-corrected chi connectivity index (χ4v) is 2.53. The maximum absolute atomic E-state index is 12.6. The summed E-state index contributed by atoms with van der Waals surface area (Å²) in [6.45, 7) is 2.14. The molecule has 0 radical (unpaired) electrons. The number of nitrogens with two attached hydrogens (primary N) is 1. The van der Waals surface area contributed by atoms with Crippen LogP contribution in [-0.4, -0.2) is 21.6 Å². The second-order valence-corrected chi connectivity index (χ2v) is 5.41. The Labute approximate surface area is 143 Å². The molecule has 0 bridgehead atoms. The van der Waals surface area contributed by atoms with E-state index >= 15 is 0 Å². The van der Waals surface area contributed by atoms with Gasteiger partial charge >= 0.3 is 0 Å². The van der Waals surface area contributed by atoms with Crippen molar-refractivity contribution in [2.24, 2.45) is 5.73 Å². The zero-order valence-electron chi connectivity index (χ0n) is 13.5. The number of carbonyl (C=O) groups is 2. The summed E-state index contributed by atoms with van der Waals surface area (Å²) in [5.74, 6) is -0.981. The molecule has 0 unspecified atom stereocenters. The first-order chi connectivity index (χ1) is 12.0. The lowest BCUT2D eigenvalue weighted by molar-refractivity contribution is 0.0997. The summed E-state index contributed by atoms with van der Waals surface area (Å²) in [6, 6.07) is 13.1. The lowest BCUT2D eigenvalue weighted by Crippen LogP contribution is -2.27. The van der Waals surface area contributed by atoms with Crippen molar-refractivity contribution in [2.75, 3.05) is 5.32 Å². The molecule has 126 valence electrons. The molecule has 1 heterocycles. The van der Waals surface area contributed by atoms with Gasteiger partial charge in [-0.1, -0.05) is 18.2 Å². The Morgan fingerprint density at radius 3 is 2.32 bits per heavy atom. The Bertz CT molecular complexity index is 1020. The summed E-state index contributed by atoms with van der Waals surface area (Å²) in [6.07, 6.45) is 0. The van der Waals surface area contributed by atoms with Gasteiger partial charge in [-0.15, -0.1) is 0 Å². The maximum atomic E-state index is 12.6.